The van der Waals surface area contributed by atoms with Crippen molar-refractivity contribution in [2.24, 2.45) is 16.5 Å². The van der Waals surface area contributed by atoms with Gasteiger partial charge < -0.3 is 11.5 Å². The van der Waals surface area contributed by atoms with Crippen molar-refractivity contribution in [3.8, 4) is 0 Å². The van der Waals surface area contributed by atoms with Gasteiger partial charge in [0.2, 0.25) is 0 Å². The predicted octanol–water partition coefficient (Wildman–Crippen LogP) is -1.10. The fourth-order valence-corrected chi connectivity index (χ4v) is 0.770. The summed E-state index contributed by atoms with van der Waals surface area (Å²) in [6.45, 7) is 0. The van der Waals surface area contributed by atoms with Gasteiger partial charge in [-0.05, 0) is 6.07 Å². The van der Waals surface area contributed by atoms with Gasteiger partial charge in [0.05, 0.1) is 0 Å². The number of amidine groups is 1. The zero-order chi connectivity index (χ0) is 10.6. The monoisotopic (exact) mass is 196 g/mol. The minimum atomic E-state index is -0.941. The van der Waals surface area contributed by atoms with E-state index in [2.05, 4.69) is 20.5 Å². The summed E-state index contributed by atoms with van der Waals surface area (Å²) < 4.78 is 0. The molecule has 14 heavy (non-hydrogen) atoms. The number of carbonyl (C=O) groups is 2. The molecule has 0 saturated carbocycles. The molecule has 0 saturated heterocycles. The average Bonchev–Trinajstić information content (AvgIpc) is 2.52. The molecule has 6 N–H and O–H groups in total. The second kappa shape index (κ2) is 4.03. The third-order valence-corrected chi connectivity index (χ3v) is 1.22. The van der Waals surface area contributed by atoms with Crippen molar-refractivity contribution in [3.05, 3.63) is 18.0 Å². The molecule has 8 nitrogen and oxygen atoms in total. The summed E-state index contributed by atoms with van der Waals surface area (Å²) in [7, 11) is 0. The van der Waals surface area contributed by atoms with Crippen LogP contribution in [0.2, 0.25) is 0 Å². The minimum absolute atomic E-state index is 0.0671. The number of primary amides is 2. The van der Waals surface area contributed by atoms with Gasteiger partial charge in [0.25, 0.3) is 0 Å². The standard InChI is InChI=1S/C6H8N6O2/c7-5(13)10-4(11-6(8)14)3-1-2-9-12-3/h1-2H,(H,9,12)(H5,7,8,10,11,13,14). The van der Waals surface area contributed by atoms with E-state index in [1.165, 1.54) is 12.3 Å². The Hall–Kier alpha value is -2.38. The highest BCUT2D eigenvalue weighted by Gasteiger charge is 2.08. The van der Waals surface area contributed by atoms with Crippen LogP contribution in [0.3, 0.4) is 0 Å². The van der Waals surface area contributed by atoms with E-state index in [9.17, 15) is 9.59 Å². The number of hydrogen-bond donors (Lipinski definition) is 4. The summed E-state index contributed by atoms with van der Waals surface area (Å²) in [5, 5.41) is 8.23. The van der Waals surface area contributed by atoms with E-state index >= 15 is 0 Å². The van der Waals surface area contributed by atoms with Gasteiger partial charge in [-0.3, -0.25) is 10.4 Å². The van der Waals surface area contributed by atoms with Gasteiger partial charge in [-0.1, -0.05) is 0 Å². The molecule has 1 aromatic rings. The van der Waals surface area contributed by atoms with Crippen molar-refractivity contribution in [1.82, 2.24) is 15.5 Å². The number of carbonyl (C=O) groups excluding carboxylic acids is 2. The van der Waals surface area contributed by atoms with Crippen molar-refractivity contribution >= 4 is 17.9 Å². The number of H-pyrrole nitrogens is 1. The molecule has 0 aliphatic heterocycles. The number of urea groups is 2. The zero-order valence-electron chi connectivity index (χ0n) is 7.02. The molecule has 1 heterocycles. The van der Waals surface area contributed by atoms with Crippen LogP contribution < -0.4 is 16.8 Å². The highest BCUT2D eigenvalue weighted by molar-refractivity contribution is 6.09. The first-order valence-electron chi connectivity index (χ1n) is 3.54. The van der Waals surface area contributed by atoms with Crippen molar-refractivity contribution in [1.29, 1.82) is 0 Å². The zero-order valence-corrected chi connectivity index (χ0v) is 7.02. The van der Waals surface area contributed by atoms with Gasteiger partial charge in [0.15, 0.2) is 5.84 Å². The largest absolute Gasteiger partial charge is 0.351 e. The molecule has 74 valence electrons. The molecule has 1 aromatic heterocycles. The predicted molar refractivity (Wildman–Crippen MR) is 47.4 cm³/mol. The Kier molecular flexibility index (Phi) is 2.79. The maximum absolute atomic E-state index is 10.5. The van der Waals surface area contributed by atoms with Gasteiger partial charge >= 0.3 is 12.1 Å². The molecule has 0 fully saturated rings. The highest BCUT2D eigenvalue weighted by atomic mass is 16.2. The summed E-state index contributed by atoms with van der Waals surface area (Å²) in [6, 6.07) is -0.291. The SMILES string of the molecule is NC(=O)N=C(NC(N)=O)c1ccn[nH]1. The molecule has 0 atom stereocenters. The van der Waals surface area contributed by atoms with Gasteiger partial charge in [-0.25, -0.2) is 9.59 Å². The highest BCUT2D eigenvalue weighted by Crippen LogP contribution is 1.93. The van der Waals surface area contributed by atoms with E-state index in [-0.39, 0.29) is 5.84 Å². The van der Waals surface area contributed by atoms with Crippen molar-refractivity contribution < 1.29 is 9.59 Å². The number of nitrogens with two attached hydrogens (primary N) is 2. The molecule has 4 amide bonds. The van der Waals surface area contributed by atoms with Crippen LogP contribution in [0, 0.1) is 0 Å². The van der Waals surface area contributed by atoms with Crippen LogP contribution in [0.25, 0.3) is 0 Å². The molecule has 0 aliphatic carbocycles. The fraction of sp³-hybridized carbons (Fsp3) is 0. The molecule has 0 spiro atoms. The summed E-state index contributed by atoms with van der Waals surface area (Å²) in [5.41, 5.74) is 10.0. The first-order valence-corrected chi connectivity index (χ1v) is 3.54. The van der Waals surface area contributed by atoms with Crippen LogP contribution in [0.4, 0.5) is 9.59 Å². The van der Waals surface area contributed by atoms with Crippen molar-refractivity contribution in [2.45, 2.75) is 0 Å². The summed E-state index contributed by atoms with van der Waals surface area (Å²) in [4.78, 5) is 24.4. The van der Waals surface area contributed by atoms with E-state index in [1.807, 2.05) is 0 Å². The number of hydrogen-bond acceptors (Lipinski definition) is 3. The third-order valence-electron chi connectivity index (χ3n) is 1.22. The maximum Gasteiger partial charge on any atom is 0.340 e. The molecule has 0 unspecified atom stereocenters. The van der Waals surface area contributed by atoms with E-state index < -0.39 is 12.1 Å². The second-order valence-corrected chi connectivity index (χ2v) is 2.26. The Morgan fingerprint density at radius 1 is 1.50 bits per heavy atom. The van der Waals surface area contributed by atoms with E-state index in [0.29, 0.717) is 5.69 Å². The summed E-state index contributed by atoms with van der Waals surface area (Å²) in [5.74, 6) is -0.0671. The minimum Gasteiger partial charge on any atom is -0.351 e. The van der Waals surface area contributed by atoms with Crippen LogP contribution in [0.15, 0.2) is 17.3 Å². The summed E-state index contributed by atoms with van der Waals surface area (Å²) >= 11 is 0. The number of rotatable bonds is 1. The number of nitrogens with one attached hydrogen (secondary N) is 2. The molecule has 1 rings (SSSR count). The quantitative estimate of drug-likeness (QED) is 0.335. The van der Waals surface area contributed by atoms with Crippen LogP contribution in [0.5, 0.6) is 0 Å². The molecule has 8 heteroatoms. The van der Waals surface area contributed by atoms with Gasteiger partial charge in [-0.15, -0.1) is 0 Å². The lowest BCUT2D eigenvalue weighted by atomic mass is 10.4. The van der Waals surface area contributed by atoms with Crippen LogP contribution in [0.1, 0.15) is 5.69 Å². The lowest BCUT2D eigenvalue weighted by Gasteiger charge is -2.01. The molecule has 0 radical (unpaired) electrons. The lowest BCUT2D eigenvalue weighted by Crippen LogP contribution is -2.36. The number of nitrogens with zero attached hydrogens (tertiary/aromatic N) is 2. The fourth-order valence-electron chi connectivity index (χ4n) is 0.770. The number of amides is 4. The normalized spacial score (nSPS) is 11.0. The van der Waals surface area contributed by atoms with Crippen LogP contribution >= 0.6 is 0 Å². The van der Waals surface area contributed by atoms with E-state index in [1.54, 1.807) is 0 Å². The van der Waals surface area contributed by atoms with Gasteiger partial charge in [0, 0.05) is 6.20 Å². The topological polar surface area (TPSA) is 139 Å². The Labute approximate surface area is 78.4 Å². The van der Waals surface area contributed by atoms with E-state index in [0.717, 1.165) is 0 Å². The van der Waals surface area contributed by atoms with E-state index in [4.69, 9.17) is 11.5 Å². The summed E-state index contributed by atoms with van der Waals surface area (Å²) in [6.07, 6.45) is 1.43. The van der Waals surface area contributed by atoms with Gasteiger partial charge in [0.1, 0.15) is 5.69 Å². The Morgan fingerprint density at radius 2 is 2.21 bits per heavy atom. The molecule has 0 aliphatic rings. The third kappa shape index (κ3) is 2.59. The Balaban J connectivity index is 2.94. The van der Waals surface area contributed by atoms with Crippen molar-refractivity contribution in [2.75, 3.05) is 0 Å². The number of aromatic amines is 1. The molecule has 0 aromatic carbocycles. The van der Waals surface area contributed by atoms with Crippen molar-refractivity contribution in [3.63, 3.8) is 0 Å². The van der Waals surface area contributed by atoms with Crippen LogP contribution in [-0.2, 0) is 0 Å². The second-order valence-electron chi connectivity index (χ2n) is 2.26. The lowest BCUT2D eigenvalue weighted by molar-refractivity contribution is 0.253. The van der Waals surface area contributed by atoms with Gasteiger partial charge in [-0.2, -0.15) is 10.1 Å². The first-order chi connectivity index (χ1) is 6.59. The number of aliphatic imine (C=N–C) groups is 1. The Morgan fingerprint density at radius 3 is 2.64 bits per heavy atom. The maximum atomic E-state index is 10.5. The molecular weight excluding hydrogens is 188 g/mol. The molecule has 0 bridgehead atoms. The van der Waals surface area contributed by atoms with Crippen LogP contribution in [-0.4, -0.2) is 28.1 Å². The smallest absolute Gasteiger partial charge is 0.340 e. The number of aromatic nitrogens is 2. The Bertz CT molecular complexity index is 368. The average molecular weight is 196 g/mol. The first kappa shape index (κ1) is 9.71. The molecular formula is C6H8N6O2.